The number of unbranched alkanes of at least 4 members (excludes halogenated alkanes) is 6. The molecule has 1 aliphatic rings. The zero-order valence-electron chi connectivity index (χ0n) is 22.7. The van der Waals surface area contributed by atoms with Gasteiger partial charge in [-0.05, 0) is 0 Å². The van der Waals surface area contributed by atoms with Crippen molar-refractivity contribution in [3.63, 3.8) is 0 Å². The minimum absolute atomic E-state index is 0.159. The van der Waals surface area contributed by atoms with E-state index in [1.807, 2.05) is 0 Å². The molecule has 1 rings (SSSR count). The van der Waals surface area contributed by atoms with Gasteiger partial charge < -0.3 is 0 Å². The normalized spacial score (nSPS) is 17.4. The van der Waals surface area contributed by atoms with Gasteiger partial charge in [0, 0.05) is 0 Å². The van der Waals surface area contributed by atoms with E-state index in [4.69, 9.17) is 4.43 Å². The van der Waals surface area contributed by atoms with E-state index in [0.29, 0.717) is 0 Å². The van der Waals surface area contributed by atoms with Gasteiger partial charge in [0.15, 0.2) is 0 Å². The molecule has 1 atom stereocenters. The minimum atomic E-state index is -2.19. The first-order chi connectivity index (χ1) is 14.8. The fourth-order valence-electron chi connectivity index (χ4n) is 5.44. The molecule has 1 aliphatic carbocycles. The monoisotopic (exact) mass is 558 g/mol. The van der Waals surface area contributed by atoms with E-state index in [2.05, 4.69) is 57.5 Å². The van der Waals surface area contributed by atoms with Crippen LogP contribution in [0.3, 0.4) is 0 Å². The molecule has 0 aromatic rings. The third-order valence-electron chi connectivity index (χ3n) is 7.30. The van der Waals surface area contributed by atoms with Crippen molar-refractivity contribution < 1.29 is 4.43 Å². The van der Waals surface area contributed by atoms with Crippen molar-refractivity contribution in [2.24, 2.45) is 5.92 Å². The summed E-state index contributed by atoms with van der Waals surface area (Å²) in [4.78, 5) is 0. The van der Waals surface area contributed by atoms with Crippen LogP contribution in [0.2, 0.25) is 33.0 Å². The van der Waals surface area contributed by atoms with Crippen LogP contribution < -0.4 is 0 Å². The summed E-state index contributed by atoms with van der Waals surface area (Å²) in [6, 6.07) is 0. The Morgan fingerprint density at radius 1 is 0.774 bits per heavy atom. The van der Waals surface area contributed by atoms with E-state index < -0.39 is 26.7 Å². The molecule has 184 valence electrons. The van der Waals surface area contributed by atoms with Crippen LogP contribution >= 0.6 is 0 Å². The average Bonchev–Trinajstić information content (AvgIpc) is 3.56. The first-order valence-corrected chi connectivity index (χ1v) is 25.3. The summed E-state index contributed by atoms with van der Waals surface area (Å²) in [7, 11) is -1.56. The average molecular weight is 558 g/mol. The van der Waals surface area contributed by atoms with Crippen molar-refractivity contribution in [2.75, 3.05) is 0 Å². The molecule has 3 heteroatoms. The summed E-state index contributed by atoms with van der Waals surface area (Å²) in [5.74, 6) is 0.831. The molecular weight excluding hydrogens is 499 g/mol. The Bertz CT molecular complexity index is 458. The number of hydrogen-bond donors (Lipinski definition) is 0. The first kappa shape index (κ1) is 29.7. The zero-order valence-corrected chi connectivity index (χ0v) is 26.5. The van der Waals surface area contributed by atoms with Gasteiger partial charge in [0.25, 0.3) is 0 Å². The summed E-state index contributed by atoms with van der Waals surface area (Å²) >= 11 is -2.19. The second-order valence-corrected chi connectivity index (χ2v) is 29.1. The van der Waals surface area contributed by atoms with Crippen molar-refractivity contribution in [2.45, 2.75) is 156 Å². The molecular formula is C28H58OSiSn. The quantitative estimate of drug-likeness (QED) is 0.107. The molecule has 31 heavy (non-hydrogen) atoms. The van der Waals surface area contributed by atoms with Gasteiger partial charge in [-0.25, -0.2) is 0 Å². The third-order valence-corrected chi connectivity index (χ3v) is 22.6. The fourth-order valence-corrected chi connectivity index (χ4v) is 21.4. The van der Waals surface area contributed by atoms with E-state index in [1.54, 1.807) is 13.3 Å². The van der Waals surface area contributed by atoms with Crippen molar-refractivity contribution in [3.8, 4) is 0 Å². The van der Waals surface area contributed by atoms with Crippen LogP contribution in [-0.2, 0) is 4.43 Å². The standard InChI is InChI=1S/C16H31OSi.3C4H9.Sn/c1-6-8-9-10-14-16(13-7-2,15-11-12-15)17-18(3,4)5;3*1-3-4-2;/h2,7,15H,6,8-14H2,1,3-5H3;3*1,3-4H2,2H3;. The predicted octanol–water partition coefficient (Wildman–Crippen LogP) is 10.3. The Labute approximate surface area is 202 Å². The molecule has 0 N–H and O–H groups in total. The van der Waals surface area contributed by atoms with Gasteiger partial charge in [0.1, 0.15) is 0 Å². The van der Waals surface area contributed by atoms with Crippen molar-refractivity contribution >= 4 is 26.7 Å². The predicted molar refractivity (Wildman–Crippen MR) is 147 cm³/mol. The Morgan fingerprint density at radius 3 is 1.71 bits per heavy atom. The Morgan fingerprint density at radius 2 is 1.29 bits per heavy atom. The van der Waals surface area contributed by atoms with E-state index in [0.717, 1.165) is 5.92 Å². The molecule has 0 aromatic heterocycles. The van der Waals surface area contributed by atoms with Crippen LogP contribution in [0.1, 0.15) is 118 Å². The van der Waals surface area contributed by atoms with Gasteiger partial charge >= 0.3 is 203 Å². The van der Waals surface area contributed by atoms with E-state index >= 15 is 0 Å². The van der Waals surface area contributed by atoms with Crippen LogP contribution in [0.25, 0.3) is 0 Å². The first-order valence-electron chi connectivity index (χ1n) is 14.1. The van der Waals surface area contributed by atoms with Crippen molar-refractivity contribution in [1.29, 1.82) is 0 Å². The Hall–Kier alpha value is 0.716. The van der Waals surface area contributed by atoms with Crippen LogP contribution in [0.5, 0.6) is 0 Å². The topological polar surface area (TPSA) is 9.23 Å². The molecule has 0 amide bonds. The van der Waals surface area contributed by atoms with Crippen LogP contribution in [0.15, 0.2) is 10.2 Å². The molecule has 1 fully saturated rings. The molecule has 1 nitrogen and oxygen atoms in total. The maximum atomic E-state index is 7.10. The van der Waals surface area contributed by atoms with Gasteiger partial charge in [0.05, 0.1) is 0 Å². The van der Waals surface area contributed by atoms with E-state index in [-0.39, 0.29) is 5.60 Å². The molecule has 1 unspecified atom stereocenters. The van der Waals surface area contributed by atoms with Crippen molar-refractivity contribution in [1.82, 2.24) is 0 Å². The number of rotatable bonds is 20. The zero-order chi connectivity index (χ0) is 23.2. The van der Waals surface area contributed by atoms with Gasteiger partial charge in [0.2, 0.25) is 0 Å². The molecule has 0 saturated heterocycles. The van der Waals surface area contributed by atoms with Gasteiger partial charge in [-0.15, -0.1) is 0 Å². The van der Waals surface area contributed by atoms with Gasteiger partial charge in [-0.3, -0.25) is 0 Å². The molecule has 0 bridgehead atoms. The SMILES string of the molecule is CCCCCCC(C/C=[CH]/[Sn]([CH2]CCC)([CH2]CCC)[CH2]CCC)(O[Si](C)(C)C)C1CC1. The van der Waals surface area contributed by atoms with Crippen LogP contribution in [0, 0.1) is 5.92 Å². The summed E-state index contributed by atoms with van der Waals surface area (Å²) in [6.45, 7) is 16.7. The molecule has 0 radical (unpaired) electrons. The molecule has 0 heterocycles. The molecule has 1 saturated carbocycles. The number of hydrogen-bond acceptors (Lipinski definition) is 1. The van der Waals surface area contributed by atoms with E-state index in [9.17, 15) is 0 Å². The van der Waals surface area contributed by atoms with Gasteiger partial charge in [-0.1, -0.05) is 0 Å². The van der Waals surface area contributed by atoms with Crippen molar-refractivity contribution in [3.05, 3.63) is 10.2 Å². The van der Waals surface area contributed by atoms with Gasteiger partial charge in [-0.2, -0.15) is 0 Å². The molecule has 0 spiro atoms. The third kappa shape index (κ3) is 12.1. The Balaban J connectivity index is 3.03. The van der Waals surface area contributed by atoms with Crippen LogP contribution in [-0.4, -0.2) is 32.3 Å². The molecule has 0 aliphatic heterocycles. The summed E-state index contributed by atoms with van der Waals surface area (Å²) in [6.07, 6.45) is 22.0. The summed E-state index contributed by atoms with van der Waals surface area (Å²) in [5, 5.41) is 0. The fraction of sp³-hybridized carbons (Fsp3) is 0.929. The Kier molecular flexibility index (Phi) is 15.0. The van der Waals surface area contributed by atoms with E-state index in [1.165, 1.54) is 89.9 Å². The molecule has 0 aromatic carbocycles. The maximum absolute atomic E-state index is 7.10. The summed E-state index contributed by atoms with van der Waals surface area (Å²) in [5.41, 5.74) is 0.159. The second kappa shape index (κ2) is 15.6. The van der Waals surface area contributed by atoms with Crippen LogP contribution in [0.4, 0.5) is 0 Å². The second-order valence-electron chi connectivity index (χ2n) is 11.6. The summed E-state index contributed by atoms with van der Waals surface area (Å²) < 4.78 is 14.8.